The summed E-state index contributed by atoms with van der Waals surface area (Å²) in [5.74, 6) is -6.19. The third kappa shape index (κ3) is 3.37. The van der Waals surface area contributed by atoms with Crippen LogP contribution in [0.4, 0.5) is 5.69 Å². The number of nitrogens with zero attached hydrogens (tertiary/aromatic N) is 2. The summed E-state index contributed by atoms with van der Waals surface area (Å²) in [6.45, 7) is 1.12. The summed E-state index contributed by atoms with van der Waals surface area (Å²) in [4.78, 5) is 55.4. The molecule has 11 nitrogen and oxygen atoms in total. The molecule has 5 rings (SSSR count). The highest BCUT2D eigenvalue weighted by Gasteiger charge is 2.61. The Kier molecular flexibility index (Phi) is 6.01. The molecule has 4 aliphatic rings. The highest BCUT2D eigenvalue weighted by molar-refractivity contribution is 6.23. The van der Waals surface area contributed by atoms with Crippen molar-refractivity contribution in [2.24, 2.45) is 17.6 Å². The SMILES string of the molecule is CO[C@]12C(=O)C3=C(O)c4c(O)c(C(=O)N5CCCC5)cc(N(C)C)c4C[C@H]3C[C@H]1CC(=O)C(C(N)=O)=C2O. The molecule has 3 aliphatic carbocycles. The van der Waals surface area contributed by atoms with Crippen LogP contribution >= 0.6 is 0 Å². The van der Waals surface area contributed by atoms with Crippen molar-refractivity contribution in [1.82, 2.24) is 4.90 Å². The molecule has 2 amide bonds. The van der Waals surface area contributed by atoms with Crippen LogP contribution < -0.4 is 10.6 Å². The number of aliphatic hydroxyl groups is 2. The lowest BCUT2D eigenvalue weighted by Crippen LogP contribution is -2.59. The number of fused-ring (bicyclic) bond motifs is 3. The number of nitrogens with two attached hydrogens (primary N) is 1. The number of primary amides is 1. The molecule has 1 saturated heterocycles. The van der Waals surface area contributed by atoms with Crippen LogP contribution in [0.1, 0.15) is 47.2 Å². The number of aliphatic hydroxyl groups excluding tert-OH is 2. The van der Waals surface area contributed by atoms with Gasteiger partial charge in [-0.3, -0.25) is 19.2 Å². The summed E-state index contributed by atoms with van der Waals surface area (Å²) < 4.78 is 5.55. The zero-order chi connectivity index (χ0) is 27.7. The lowest BCUT2D eigenvalue weighted by atomic mass is 9.59. The van der Waals surface area contributed by atoms with E-state index in [9.17, 15) is 34.5 Å². The van der Waals surface area contributed by atoms with Gasteiger partial charge in [-0.1, -0.05) is 0 Å². The molecule has 38 heavy (non-hydrogen) atoms. The first kappa shape index (κ1) is 25.8. The minimum Gasteiger partial charge on any atom is -0.508 e. The maximum Gasteiger partial charge on any atom is 0.257 e. The second kappa shape index (κ2) is 8.87. The van der Waals surface area contributed by atoms with Crippen LogP contribution in [0.2, 0.25) is 0 Å². The summed E-state index contributed by atoms with van der Waals surface area (Å²) in [6.07, 6.45) is 1.89. The largest absolute Gasteiger partial charge is 0.508 e. The van der Waals surface area contributed by atoms with E-state index in [1.54, 1.807) is 30.0 Å². The Morgan fingerprint density at radius 2 is 1.79 bits per heavy atom. The van der Waals surface area contributed by atoms with E-state index in [1.165, 1.54) is 7.11 Å². The Labute approximate surface area is 219 Å². The molecule has 1 aromatic rings. The number of ketones is 2. The minimum atomic E-state index is -2.08. The summed E-state index contributed by atoms with van der Waals surface area (Å²) in [5, 5.41) is 33.9. The van der Waals surface area contributed by atoms with E-state index in [-0.39, 0.29) is 41.9 Å². The van der Waals surface area contributed by atoms with Crippen LogP contribution in [0.25, 0.3) is 5.76 Å². The number of likely N-dealkylation sites (tertiary alicyclic amines) is 1. The minimum absolute atomic E-state index is 0.0181. The van der Waals surface area contributed by atoms with Crippen molar-refractivity contribution in [3.8, 4) is 5.75 Å². The van der Waals surface area contributed by atoms with Crippen molar-refractivity contribution >= 4 is 34.8 Å². The van der Waals surface area contributed by atoms with Crippen molar-refractivity contribution in [2.45, 2.75) is 37.7 Å². The average Bonchev–Trinajstić information content (AvgIpc) is 3.38. The Morgan fingerprint density at radius 1 is 1.13 bits per heavy atom. The van der Waals surface area contributed by atoms with E-state index in [2.05, 4.69) is 0 Å². The Balaban J connectivity index is 1.73. The lowest BCUT2D eigenvalue weighted by molar-refractivity contribution is -0.153. The third-order valence-electron chi connectivity index (χ3n) is 8.43. The van der Waals surface area contributed by atoms with Gasteiger partial charge in [-0.05, 0) is 43.2 Å². The van der Waals surface area contributed by atoms with Gasteiger partial charge >= 0.3 is 0 Å². The first-order valence-electron chi connectivity index (χ1n) is 12.6. The van der Waals surface area contributed by atoms with Gasteiger partial charge in [0.05, 0.1) is 11.1 Å². The molecule has 5 N–H and O–H groups in total. The zero-order valence-corrected chi connectivity index (χ0v) is 21.5. The van der Waals surface area contributed by atoms with Crippen molar-refractivity contribution < 1.29 is 39.2 Å². The number of carbonyl (C=O) groups excluding carboxylic acids is 4. The van der Waals surface area contributed by atoms with Gasteiger partial charge in [0.1, 0.15) is 22.8 Å². The smallest absolute Gasteiger partial charge is 0.257 e. The van der Waals surface area contributed by atoms with Gasteiger partial charge in [0, 0.05) is 57.9 Å². The predicted molar refractivity (Wildman–Crippen MR) is 136 cm³/mol. The molecule has 1 aromatic carbocycles. The number of ether oxygens (including phenoxy) is 1. The standard InChI is InChI=1S/C27H31N3O8/c1-29(2)16-11-15(26(37)30-6-4-5-7-30)21(32)19-14(16)9-12-8-13-10-17(31)20(25(28)36)24(35)27(13,38-3)23(34)18(12)22(19)33/h11-13,32-33,35H,4-10H2,1-3H3,(H2,28,36)/t12-,13+,27+/m1/s1. The molecule has 0 aromatic heterocycles. The number of anilines is 1. The number of hydrogen-bond acceptors (Lipinski definition) is 9. The summed E-state index contributed by atoms with van der Waals surface area (Å²) in [6, 6.07) is 1.61. The van der Waals surface area contributed by atoms with Crippen molar-refractivity contribution in [3.05, 3.63) is 39.7 Å². The number of phenols is 1. The number of hydrogen-bond donors (Lipinski definition) is 4. The number of methoxy groups -OCH3 is 1. The maximum atomic E-state index is 14.0. The van der Waals surface area contributed by atoms with Crippen LogP contribution in [0.5, 0.6) is 5.75 Å². The first-order chi connectivity index (χ1) is 17.9. The Bertz CT molecular complexity index is 1350. The van der Waals surface area contributed by atoms with Gasteiger partial charge in [0.15, 0.2) is 11.4 Å². The van der Waals surface area contributed by atoms with Crippen LogP contribution in [0.15, 0.2) is 23.0 Å². The number of phenolic OH excluding ortho intramolecular Hbond substituents is 1. The van der Waals surface area contributed by atoms with Crippen LogP contribution in [-0.2, 0) is 25.5 Å². The molecular formula is C27H31N3O8. The average molecular weight is 526 g/mol. The molecule has 1 aliphatic heterocycles. The molecule has 0 radical (unpaired) electrons. The number of amides is 2. The Morgan fingerprint density at radius 3 is 2.37 bits per heavy atom. The van der Waals surface area contributed by atoms with Crippen LogP contribution in [0, 0.1) is 11.8 Å². The van der Waals surface area contributed by atoms with E-state index >= 15 is 0 Å². The topological polar surface area (TPSA) is 171 Å². The lowest BCUT2D eigenvalue weighted by Gasteiger charge is -2.48. The fourth-order valence-electron chi connectivity index (χ4n) is 6.66. The fourth-order valence-corrected chi connectivity index (χ4v) is 6.66. The van der Waals surface area contributed by atoms with E-state index in [4.69, 9.17) is 10.5 Å². The van der Waals surface area contributed by atoms with Gasteiger partial charge < -0.3 is 35.6 Å². The summed E-state index contributed by atoms with van der Waals surface area (Å²) in [7, 11) is 4.74. The fraction of sp³-hybridized carbons (Fsp3) is 0.481. The van der Waals surface area contributed by atoms with E-state index in [1.807, 2.05) is 0 Å². The number of rotatable bonds is 4. The molecule has 1 saturated carbocycles. The summed E-state index contributed by atoms with van der Waals surface area (Å²) in [5.41, 5.74) is 3.64. The van der Waals surface area contributed by atoms with Gasteiger partial charge in [-0.15, -0.1) is 0 Å². The maximum absolute atomic E-state index is 14.0. The molecule has 3 atom stereocenters. The number of carbonyl (C=O) groups is 4. The first-order valence-corrected chi connectivity index (χ1v) is 12.6. The van der Waals surface area contributed by atoms with Crippen LogP contribution in [-0.4, -0.2) is 83.5 Å². The van der Waals surface area contributed by atoms with Gasteiger partial charge in [-0.2, -0.15) is 0 Å². The molecule has 11 heteroatoms. The highest BCUT2D eigenvalue weighted by Crippen LogP contribution is 2.54. The molecule has 0 unspecified atom stereocenters. The summed E-state index contributed by atoms with van der Waals surface area (Å²) >= 11 is 0. The quantitative estimate of drug-likeness (QED) is 0.424. The van der Waals surface area contributed by atoms with Crippen molar-refractivity contribution in [2.75, 3.05) is 39.2 Å². The number of aromatic hydroxyl groups is 1. The molecule has 0 spiro atoms. The number of Topliss-reactive ketones (excluding diaryl/α,β-unsaturated/α-hetero) is 2. The van der Waals surface area contributed by atoms with Crippen LogP contribution in [0.3, 0.4) is 0 Å². The van der Waals surface area contributed by atoms with E-state index in [0.717, 1.165) is 12.8 Å². The molecule has 1 heterocycles. The highest BCUT2D eigenvalue weighted by atomic mass is 16.5. The van der Waals surface area contributed by atoms with E-state index in [0.29, 0.717) is 24.3 Å². The zero-order valence-electron chi connectivity index (χ0n) is 21.5. The van der Waals surface area contributed by atoms with Gasteiger partial charge in [0.25, 0.3) is 11.8 Å². The van der Waals surface area contributed by atoms with Gasteiger partial charge in [0.2, 0.25) is 5.78 Å². The molecular weight excluding hydrogens is 494 g/mol. The molecule has 202 valence electrons. The third-order valence-corrected chi connectivity index (χ3v) is 8.43. The second-order valence-electron chi connectivity index (χ2n) is 10.6. The predicted octanol–water partition coefficient (Wildman–Crippen LogP) is 1.38. The Hall–Kier alpha value is -3.86. The van der Waals surface area contributed by atoms with Crippen molar-refractivity contribution in [1.29, 1.82) is 0 Å². The number of benzene rings is 1. The van der Waals surface area contributed by atoms with Gasteiger partial charge in [-0.25, -0.2) is 0 Å². The van der Waals surface area contributed by atoms with Crippen molar-refractivity contribution in [3.63, 3.8) is 0 Å². The monoisotopic (exact) mass is 525 g/mol. The molecule has 0 bridgehead atoms. The van der Waals surface area contributed by atoms with E-state index < -0.39 is 57.8 Å². The second-order valence-corrected chi connectivity index (χ2v) is 10.6. The molecule has 2 fully saturated rings. The normalized spacial score (nSPS) is 26.8.